The van der Waals surface area contributed by atoms with Crippen LogP contribution in [0.25, 0.3) is 5.65 Å². The first-order valence-electron chi connectivity index (χ1n) is 7.34. The van der Waals surface area contributed by atoms with Crippen molar-refractivity contribution < 1.29 is 9.90 Å². The van der Waals surface area contributed by atoms with Crippen LogP contribution in [0, 0.1) is 19.8 Å². The van der Waals surface area contributed by atoms with Crippen LogP contribution in [0.1, 0.15) is 41.0 Å². The molecule has 21 heavy (non-hydrogen) atoms. The largest absolute Gasteiger partial charge is 0.396 e. The number of hydrogen-bond acceptors (Lipinski definition) is 4. The van der Waals surface area contributed by atoms with E-state index in [2.05, 4.69) is 15.4 Å². The van der Waals surface area contributed by atoms with Gasteiger partial charge in [-0.3, -0.25) is 4.79 Å². The molecule has 0 bridgehead atoms. The number of aliphatic hydroxyl groups excluding tert-OH is 1. The summed E-state index contributed by atoms with van der Waals surface area (Å²) in [6.07, 6.45) is 4.54. The Kier molecular flexibility index (Phi) is 3.63. The summed E-state index contributed by atoms with van der Waals surface area (Å²) < 4.78 is 1.70. The summed E-state index contributed by atoms with van der Waals surface area (Å²) in [6, 6.07) is 1.94. The van der Waals surface area contributed by atoms with Crippen LogP contribution in [0.2, 0.25) is 0 Å². The molecule has 1 aliphatic rings. The molecule has 0 aliphatic heterocycles. The van der Waals surface area contributed by atoms with Crippen LogP contribution >= 0.6 is 0 Å². The van der Waals surface area contributed by atoms with Gasteiger partial charge >= 0.3 is 0 Å². The standard InChI is InChI=1S/C15H20N4O2/c1-9-6-14-16-7-12(10(2)19(14)18-9)15(21)17-13-5-3-4-11(13)8-20/h6-7,11,13,20H,3-5,8H2,1-2H3,(H,17,21). The molecule has 0 aromatic carbocycles. The second-order valence-corrected chi connectivity index (χ2v) is 5.77. The van der Waals surface area contributed by atoms with Gasteiger partial charge in [0.1, 0.15) is 0 Å². The number of aryl methyl sites for hydroxylation is 2. The van der Waals surface area contributed by atoms with Crippen molar-refractivity contribution in [1.82, 2.24) is 19.9 Å². The topological polar surface area (TPSA) is 79.5 Å². The summed E-state index contributed by atoms with van der Waals surface area (Å²) in [6.45, 7) is 3.89. The van der Waals surface area contributed by atoms with E-state index in [0.717, 1.165) is 36.3 Å². The predicted molar refractivity (Wildman–Crippen MR) is 78.1 cm³/mol. The molecule has 3 rings (SSSR count). The van der Waals surface area contributed by atoms with Gasteiger partial charge in [-0.25, -0.2) is 9.50 Å². The monoisotopic (exact) mass is 288 g/mol. The van der Waals surface area contributed by atoms with Gasteiger partial charge < -0.3 is 10.4 Å². The zero-order valence-corrected chi connectivity index (χ0v) is 12.3. The van der Waals surface area contributed by atoms with Crippen LogP contribution in [0.5, 0.6) is 0 Å². The number of carbonyl (C=O) groups is 1. The van der Waals surface area contributed by atoms with E-state index in [9.17, 15) is 9.90 Å². The van der Waals surface area contributed by atoms with E-state index in [4.69, 9.17) is 0 Å². The molecule has 2 N–H and O–H groups in total. The smallest absolute Gasteiger partial charge is 0.254 e. The van der Waals surface area contributed by atoms with E-state index in [1.807, 2.05) is 19.9 Å². The first kappa shape index (κ1) is 14.0. The van der Waals surface area contributed by atoms with Gasteiger partial charge in [-0.2, -0.15) is 5.10 Å². The Morgan fingerprint density at radius 1 is 1.48 bits per heavy atom. The molecule has 2 unspecified atom stereocenters. The van der Waals surface area contributed by atoms with Gasteiger partial charge in [0.25, 0.3) is 5.91 Å². The molecule has 1 fully saturated rings. The maximum absolute atomic E-state index is 12.5. The van der Waals surface area contributed by atoms with Gasteiger partial charge in [0.2, 0.25) is 0 Å². The summed E-state index contributed by atoms with van der Waals surface area (Å²) in [5.41, 5.74) is 2.94. The Morgan fingerprint density at radius 2 is 2.29 bits per heavy atom. The van der Waals surface area contributed by atoms with E-state index in [1.165, 1.54) is 0 Å². The highest BCUT2D eigenvalue weighted by Gasteiger charge is 2.28. The summed E-state index contributed by atoms with van der Waals surface area (Å²) in [5.74, 6) is 0.0262. The Hall–Kier alpha value is -1.95. The van der Waals surface area contributed by atoms with Crippen molar-refractivity contribution in [3.05, 3.63) is 29.2 Å². The molecule has 112 valence electrons. The molecule has 2 atom stereocenters. The number of aromatic nitrogens is 3. The number of aliphatic hydroxyl groups is 1. The molecular weight excluding hydrogens is 268 g/mol. The van der Waals surface area contributed by atoms with E-state index in [0.29, 0.717) is 5.56 Å². The predicted octanol–water partition coefficient (Wildman–Crippen LogP) is 1.24. The maximum atomic E-state index is 12.5. The van der Waals surface area contributed by atoms with Gasteiger partial charge in [0.15, 0.2) is 5.65 Å². The lowest BCUT2D eigenvalue weighted by molar-refractivity contribution is 0.0914. The van der Waals surface area contributed by atoms with E-state index < -0.39 is 0 Å². The molecule has 6 nitrogen and oxygen atoms in total. The SMILES string of the molecule is Cc1cc2ncc(C(=O)NC3CCCC3CO)c(C)n2n1. The van der Waals surface area contributed by atoms with Crippen LogP contribution < -0.4 is 5.32 Å². The fourth-order valence-electron chi connectivity index (χ4n) is 3.08. The van der Waals surface area contributed by atoms with Gasteiger partial charge in [-0.05, 0) is 26.7 Å². The van der Waals surface area contributed by atoms with Crippen molar-refractivity contribution in [3.63, 3.8) is 0 Å². The summed E-state index contributed by atoms with van der Waals surface area (Å²) in [7, 11) is 0. The molecule has 1 aliphatic carbocycles. The van der Waals surface area contributed by atoms with Crippen molar-refractivity contribution in [2.45, 2.75) is 39.2 Å². The molecule has 0 spiro atoms. The average Bonchev–Trinajstić information content (AvgIpc) is 3.04. The summed E-state index contributed by atoms with van der Waals surface area (Å²) >= 11 is 0. The highest BCUT2D eigenvalue weighted by atomic mass is 16.3. The molecule has 2 aromatic heterocycles. The zero-order valence-electron chi connectivity index (χ0n) is 12.3. The Labute approximate surface area is 123 Å². The van der Waals surface area contributed by atoms with E-state index >= 15 is 0 Å². The Bertz CT molecular complexity index is 680. The number of fused-ring (bicyclic) bond motifs is 1. The third kappa shape index (κ3) is 2.51. The summed E-state index contributed by atoms with van der Waals surface area (Å²) in [5, 5.41) is 16.7. The molecule has 2 aromatic rings. The number of rotatable bonds is 3. The minimum absolute atomic E-state index is 0.0527. The van der Waals surface area contributed by atoms with Gasteiger partial charge in [-0.15, -0.1) is 0 Å². The second kappa shape index (κ2) is 5.44. The first-order chi connectivity index (χ1) is 10.1. The Balaban J connectivity index is 1.86. The lowest BCUT2D eigenvalue weighted by Crippen LogP contribution is -2.39. The molecule has 0 radical (unpaired) electrons. The van der Waals surface area contributed by atoms with Gasteiger partial charge in [0, 0.05) is 30.8 Å². The fraction of sp³-hybridized carbons (Fsp3) is 0.533. The van der Waals surface area contributed by atoms with Gasteiger partial charge in [0.05, 0.1) is 17.0 Å². The lowest BCUT2D eigenvalue weighted by atomic mass is 10.0. The van der Waals surface area contributed by atoms with Gasteiger partial charge in [-0.1, -0.05) is 6.42 Å². The lowest BCUT2D eigenvalue weighted by Gasteiger charge is -2.19. The van der Waals surface area contributed by atoms with E-state index in [1.54, 1.807) is 10.7 Å². The second-order valence-electron chi connectivity index (χ2n) is 5.77. The number of hydrogen-bond donors (Lipinski definition) is 2. The fourth-order valence-corrected chi connectivity index (χ4v) is 3.08. The number of nitrogens with one attached hydrogen (secondary N) is 1. The maximum Gasteiger partial charge on any atom is 0.254 e. The van der Waals surface area contributed by atoms with Crippen molar-refractivity contribution in [3.8, 4) is 0 Å². The summed E-state index contributed by atoms with van der Waals surface area (Å²) in [4.78, 5) is 16.7. The highest BCUT2D eigenvalue weighted by Crippen LogP contribution is 2.25. The van der Waals surface area contributed by atoms with Crippen LogP contribution in [0.15, 0.2) is 12.3 Å². The molecule has 2 heterocycles. The van der Waals surface area contributed by atoms with Crippen LogP contribution in [0.3, 0.4) is 0 Å². The third-order valence-electron chi connectivity index (χ3n) is 4.30. The van der Waals surface area contributed by atoms with Crippen molar-refractivity contribution >= 4 is 11.6 Å². The average molecular weight is 288 g/mol. The minimum atomic E-state index is -0.139. The van der Waals surface area contributed by atoms with Crippen LogP contribution in [-0.4, -0.2) is 38.3 Å². The minimum Gasteiger partial charge on any atom is -0.396 e. The molecular formula is C15H20N4O2. The molecule has 1 amide bonds. The van der Waals surface area contributed by atoms with E-state index in [-0.39, 0.29) is 24.5 Å². The Morgan fingerprint density at radius 3 is 3.05 bits per heavy atom. The van der Waals surface area contributed by atoms with Crippen molar-refractivity contribution in [2.75, 3.05) is 6.61 Å². The number of amides is 1. The van der Waals surface area contributed by atoms with Crippen LogP contribution in [0.4, 0.5) is 0 Å². The quantitative estimate of drug-likeness (QED) is 0.890. The first-order valence-corrected chi connectivity index (χ1v) is 7.34. The zero-order chi connectivity index (χ0) is 15.0. The van der Waals surface area contributed by atoms with Crippen molar-refractivity contribution in [1.29, 1.82) is 0 Å². The number of nitrogens with zero attached hydrogens (tertiary/aromatic N) is 3. The van der Waals surface area contributed by atoms with Crippen molar-refractivity contribution in [2.24, 2.45) is 5.92 Å². The van der Waals surface area contributed by atoms with Crippen LogP contribution in [-0.2, 0) is 0 Å². The normalized spacial score (nSPS) is 21.9. The molecule has 6 heteroatoms. The third-order valence-corrected chi connectivity index (χ3v) is 4.30. The molecule has 0 saturated heterocycles. The molecule has 1 saturated carbocycles. The highest BCUT2D eigenvalue weighted by molar-refractivity contribution is 5.95. The number of carbonyl (C=O) groups excluding carboxylic acids is 1.